The Morgan fingerprint density at radius 2 is 1.72 bits per heavy atom. The molecule has 0 unspecified atom stereocenters. The maximum absolute atomic E-state index is 11.1. The summed E-state index contributed by atoms with van der Waals surface area (Å²) in [5.74, 6) is -0.384. The van der Waals surface area contributed by atoms with Crippen molar-refractivity contribution in [1.29, 1.82) is 0 Å². The lowest BCUT2D eigenvalue weighted by molar-refractivity contribution is -0.432. The van der Waals surface area contributed by atoms with Crippen LogP contribution in [0.3, 0.4) is 0 Å². The maximum atomic E-state index is 11.1. The van der Waals surface area contributed by atoms with Gasteiger partial charge < -0.3 is 43.6 Å². The SMILES string of the molecule is CC(=O)OCCOc1ccc(/C=C/c2nc3c(C(=O)[O-])cccc3[nH]2)cc1.O=P([O-])([O-])[O-]. The van der Waals surface area contributed by atoms with Crippen molar-refractivity contribution >= 4 is 42.9 Å². The average molecular weight is 460 g/mol. The number of carbonyl (C=O) groups excluding carboxylic acids is 2. The molecule has 0 spiro atoms. The van der Waals surface area contributed by atoms with Crippen molar-refractivity contribution in [3.63, 3.8) is 0 Å². The average Bonchev–Trinajstić information content (AvgIpc) is 3.12. The standard InChI is InChI=1S/C20H18N2O5.H3O4P/c1-13(23)26-11-12-27-15-8-5-14(6-9-15)7-10-18-21-17-4-2-3-16(20(24)25)19(17)22-18;1-5(2,3)4/h2-10H,11-12H2,1H3,(H,21,22)(H,24,25);(H3,1,2,3,4)/p-4/b10-7+;. The summed E-state index contributed by atoms with van der Waals surface area (Å²) in [6.45, 7) is 1.84. The van der Waals surface area contributed by atoms with E-state index in [0.717, 1.165) is 5.56 Å². The van der Waals surface area contributed by atoms with Crippen LogP contribution in [0.25, 0.3) is 23.2 Å². The number of hydrogen-bond acceptors (Lipinski definition) is 10. The first-order valence-corrected chi connectivity index (χ1v) is 10.5. The van der Waals surface area contributed by atoms with Crippen LogP contribution in [-0.2, 0) is 14.1 Å². The molecular weight excluding hydrogens is 443 g/mol. The van der Waals surface area contributed by atoms with E-state index in [1.165, 1.54) is 13.0 Å². The minimum Gasteiger partial charge on any atom is -0.822 e. The Hall–Kier alpha value is -3.50. The number of imidazole rings is 1. The van der Waals surface area contributed by atoms with E-state index in [-0.39, 0.29) is 24.7 Å². The number of nitrogens with one attached hydrogen (secondary N) is 1. The number of rotatable bonds is 7. The van der Waals surface area contributed by atoms with Crippen molar-refractivity contribution < 1.29 is 43.4 Å². The summed E-state index contributed by atoms with van der Waals surface area (Å²) >= 11 is 0. The fourth-order valence-corrected chi connectivity index (χ4v) is 2.49. The molecule has 0 aliphatic heterocycles. The van der Waals surface area contributed by atoms with E-state index in [1.807, 2.05) is 18.2 Å². The summed E-state index contributed by atoms with van der Waals surface area (Å²) in [5.41, 5.74) is 1.98. The Kier molecular flexibility index (Phi) is 8.68. The van der Waals surface area contributed by atoms with Gasteiger partial charge in [0.15, 0.2) is 0 Å². The first-order chi connectivity index (χ1) is 15.0. The quantitative estimate of drug-likeness (QED) is 0.266. The van der Waals surface area contributed by atoms with Gasteiger partial charge in [-0.05, 0) is 29.8 Å². The summed E-state index contributed by atoms with van der Waals surface area (Å²) in [5, 5.41) is 11.1. The van der Waals surface area contributed by atoms with E-state index in [1.54, 1.807) is 30.3 Å². The van der Waals surface area contributed by atoms with Crippen LogP contribution in [0.4, 0.5) is 0 Å². The minimum atomic E-state index is -5.39. The van der Waals surface area contributed by atoms with Crippen LogP contribution < -0.4 is 24.5 Å². The van der Waals surface area contributed by atoms with E-state index < -0.39 is 13.8 Å². The first kappa shape index (κ1) is 24.8. The largest absolute Gasteiger partial charge is 0.822 e. The van der Waals surface area contributed by atoms with Crippen molar-refractivity contribution in [2.45, 2.75) is 6.92 Å². The number of aromatic nitrogens is 2. The number of H-pyrrole nitrogens is 1. The number of carbonyl (C=O) groups is 2. The van der Waals surface area contributed by atoms with Crippen LogP contribution in [0.2, 0.25) is 0 Å². The highest BCUT2D eigenvalue weighted by atomic mass is 31.2. The molecule has 170 valence electrons. The predicted octanol–water partition coefficient (Wildman–Crippen LogP) is -0.786. The highest BCUT2D eigenvalue weighted by Gasteiger charge is 2.06. The van der Waals surface area contributed by atoms with Crippen molar-refractivity contribution in [2.75, 3.05) is 13.2 Å². The third-order valence-corrected chi connectivity index (χ3v) is 3.72. The third-order valence-electron chi connectivity index (χ3n) is 3.72. The normalized spacial score (nSPS) is 11.1. The van der Waals surface area contributed by atoms with Crippen molar-refractivity contribution in [3.05, 3.63) is 59.4 Å². The summed E-state index contributed by atoms with van der Waals surface area (Å²) in [7, 11) is -5.39. The highest BCUT2D eigenvalue weighted by molar-refractivity contribution is 7.40. The number of carboxylic acids is 1. The zero-order valence-corrected chi connectivity index (χ0v) is 17.6. The molecule has 2 aromatic carbocycles. The van der Waals surface area contributed by atoms with Gasteiger partial charge in [-0.15, -0.1) is 0 Å². The molecule has 3 aromatic rings. The van der Waals surface area contributed by atoms with Crippen molar-refractivity contribution in [2.24, 2.45) is 0 Å². The number of aromatic carboxylic acids is 1. The Bertz CT molecular complexity index is 1140. The summed E-state index contributed by atoms with van der Waals surface area (Å²) < 4.78 is 18.8. The lowest BCUT2D eigenvalue weighted by Crippen LogP contribution is -2.24. The molecule has 1 aromatic heterocycles. The van der Waals surface area contributed by atoms with Crippen LogP contribution in [-0.4, -0.2) is 35.1 Å². The van der Waals surface area contributed by atoms with Crippen molar-refractivity contribution in [1.82, 2.24) is 9.97 Å². The van der Waals surface area contributed by atoms with E-state index in [9.17, 15) is 14.7 Å². The van der Waals surface area contributed by atoms with E-state index in [0.29, 0.717) is 22.6 Å². The number of ether oxygens (including phenoxy) is 2. The second-order valence-corrected chi connectivity index (χ2v) is 7.04. The zero-order valence-electron chi connectivity index (χ0n) is 16.7. The molecule has 0 amide bonds. The highest BCUT2D eigenvalue weighted by Crippen LogP contribution is 2.18. The Balaban J connectivity index is 0.000000654. The smallest absolute Gasteiger partial charge is 0.302 e. The number of para-hydroxylation sites is 1. The lowest BCUT2D eigenvalue weighted by Gasteiger charge is -2.36. The fraction of sp³-hybridized carbons (Fsp3) is 0.150. The number of carboxylic acid groups (broad SMARTS) is 1. The third kappa shape index (κ3) is 8.70. The molecule has 0 fully saturated rings. The molecule has 11 nitrogen and oxygen atoms in total. The first-order valence-electron chi connectivity index (χ1n) is 9.00. The van der Waals surface area contributed by atoms with Gasteiger partial charge in [0.25, 0.3) is 0 Å². The maximum Gasteiger partial charge on any atom is 0.302 e. The van der Waals surface area contributed by atoms with Gasteiger partial charge in [0.2, 0.25) is 0 Å². The second-order valence-electron chi connectivity index (χ2n) is 6.15. The molecule has 0 radical (unpaired) electrons. The molecule has 1 heterocycles. The van der Waals surface area contributed by atoms with Crippen LogP contribution in [0.15, 0.2) is 42.5 Å². The van der Waals surface area contributed by atoms with Crippen LogP contribution in [0.5, 0.6) is 5.75 Å². The minimum absolute atomic E-state index is 0.0543. The molecule has 0 atom stereocenters. The molecule has 0 aliphatic rings. The Labute approximate surface area is 182 Å². The van der Waals surface area contributed by atoms with E-state index in [2.05, 4.69) is 9.97 Å². The Morgan fingerprint density at radius 1 is 1.06 bits per heavy atom. The number of aromatic amines is 1. The van der Waals surface area contributed by atoms with Gasteiger partial charge in [0.1, 0.15) is 24.8 Å². The van der Waals surface area contributed by atoms with E-state index in [4.69, 9.17) is 28.7 Å². The number of nitrogens with zero attached hydrogens (tertiary/aromatic N) is 1. The second kappa shape index (κ2) is 11.2. The molecule has 12 heteroatoms. The molecule has 0 saturated heterocycles. The van der Waals surface area contributed by atoms with Gasteiger partial charge in [-0.3, -0.25) is 4.79 Å². The zero-order chi connectivity index (χ0) is 23.7. The number of fused-ring (bicyclic) bond motifs is 1. The van der Waals surface area contributed by atoms with Crippen molar-refractivity contribution in [3.8, 4) is 5.75 Å². The topological polar surface area (TPSA) is 191 Å². The van der Waals surface area contributed by atoms with Crippen LogP contribution >= 0.6 is 7.82 Å². The summed E-state index contributed by atoms with van der Waals surface area (Å²) in [6, 6.07) is 12.2. The summed E-state index contributed by atoms with van der Waals surface area (Å²) in [6.07, 6.45) is 3.61. The molecule has 0 aliphatic carbocycles. The van der Waals surface area contributed by atoms with Gasteiger partial charge >= 0.3 is 5.97 Å². The molecule has 3 rings (SSSR count). The molecule has 32 heavy (non-hydrogen) atoms. The Morgan fingerprint density at radius 3 is 2.31 bits per heavy atom. The lowest BCUT2D eigenvalue weighted by atomic mass is 10.2. The predicted molar refractivity (Wildman–Crippen MR) is 106 cm³/mol. The number of phosphoric acid groups is 1. The van der Waals surface area contributed by atoms with Gasteiger partial charge in [-0.2, -0.15) is 7.82 Å². The van der Waals surface area contributed by atoms with Gasteiger partial charge in [-0.1, -0.05) is 30.3 Å². The van der Waals surface area contributed by atoms with Gasteiger partial charge in [0, 0.05) is 12.5 Å². The fourth-order valence-electron chi connectivity index (χ4n) is 2.49. The number of esters is 1. The van der Waals surface area contributed by atoms with Crippen LogP contribution in [0, 0.1) is 0 Å². The molecule has 0 saturated carbocycles. The summed E-state index contributed by atoms with van der Waals surface area (Å²) in [4.78, 5) is 54.8. The monoisotopic (exact) mass is 460 g/mol. The van der Waals surface area contributed by atoms with E-state index >= 15 is 0 Å². The molecule has 1 N–H and O–H groups in total. The molecule has 0 bridgehead atoms. The number of benzene rings is 2. The van der Waals surface area contributed by atoms with Crippen LogP contribution in [0.1, 0.15) is 28.7 Å². The number of hydrogen-bond donors (Lipinski definition) is 1. The van der Waals surface area contributed by atoms with Gasteiger partial charge in [0.05, 0.1) is 17.0 Å². The van der Waals surface area contributed by atoms with Gasteiger partial charge in [-0.25, -0.2) is 4.98 Å². The molecular formula is C20H17N2O9P-4.